The number of nitrogens with zero attached hydrogens (tertiary/aromatic N) is 3. The molecule has 0 bridgehead atoms. The number of ether oxygens (including phenoxy) is 1. The maximum absolute atomic E-state index is 13.5. The Morgan fingerprint density at radius 2 is 1.89 bits per heavy atom. The Morgan fingerprint density at radius 1 is 1.14 bits per heavy atom. The quantitative estimate of drug-likeness (QED) is 0.594. The maximum atomic E-state index is 13.5. The SMILES string of the molecule is Cc1ccc(-c2nnc(CCC(=O)N(C)CCOc3ccccc3F)o2)cc1. The van der Waals surface area contributed by atoms with Crippen molar-refractivity contribution in [2.75, 3.05) is 20.2 Å². The molecule has 6 nitrogen and oxygen atoms in total. The highest BCUT2D eigenvalue weighted by molar-refractivity contribution is 5.76. The molecule has 0 unspecified atom stereocenters. The van der Waals surface area contributed by atoms with E-state index in [9.17, 15) is 9.18 Å². The normalized spacial score (nSPS) is 10.7. The maximum Gasteiger partial charge on any atom is 0.247 e. The van der Waals surface area contributed by atoms with Gasteiger partial charge in [-0.15, -0.1) is 10.2 Å². The van der Waals surface area contributed by atoms with Crippen LogP contribution in [0.1, 0.15) is 17.9 Å². The second-order valence-corrected chi connectivity index (χ2v) is 6.46. The number of carbonyl (C=O) groups excluding carboxylic acids is 1. The van der Waals surface area contributed by atoms with Gasteiger partial charge >= 0.3 is 0 Å². The molecule has 3 aromatic rings. The van der Waals surface area contributed by atoms with E-state index in [1.807, 2.05) is 31.2 Å². The van der Waals surface area contributed by atoms with Crippen LogP contribution in [0, 0.1) is 12.7 Å². The molecular formula is C21H22FN3O3. The van der Waals surface area contributed by atoms with Gasteiger partial charge in [0.1, 0.15) is 6.61 Å². The van der Waals surface area contributed by atoms with E-state index in [4.69, 9.17) is 9.15 Å². The summed E-state index contributed by atoms with van der Waals surface area (Å²) in [7, 11) is 1.68. The number of halogens is 1. The predicted octanol–water partition coefficient (Wildman–Crippen LogP) is 3.65. The Bertz CT molecular complexity index is 925. The lowest BCUT2D eigenvalue weighted by Crippen LogP contribution is -2.31. The fourth-order valence-electron chi connectivity index (χ4n) is 2.55. The molecule has 0 saturated carbocycles. The van der Waals surface area contributed by atoms with Crippen LogP contribution in [0.3, 0.4) is 0 Å². The molecule has 2 aromatic carbocycles. The van der Waals surface area contributed by atoms with Crippen molar-refractivity contribution in [2.24, 2.45) is 0 Å². The first-order chi connectivity index (χ1) is 13.5. The van der Waals surface area contributed by atoms with Crippen molar-refractivity contribution in [3.63, 3.8) is 0 Å². The van der Waals surface area contributed by atoms with Gasteiger partial charge in [-0.2, -0.15) is 0 Å². The van der Waals surface area contributed by atoms with Crippen LogP contribution in [0.15, 0.2) is 52.9 Å². The third kappa shape index (κ3) is 5.16. The summed E-state index contributed by atoms with van der Waals surface area (Å²) in [6, 6.07) is 14.0. The number of aryl methyl sites for hydroxylation is 2. The first-order valence-electron chi connectivity index (χ1n) is 9.03. The van der Waals surface area contributed by atoms with E-state index in [2.05, 4.69) is 10.2 Å². The summed E-state index contributed by atoms with van der Waals surface area (Å²) >= 11 is 0. The molecule has 28 heavy (non-hydrogen) atoms. The number of likely N-dealkylation sites (N-methyl/N-ethyl adjacent to an activating group) is 1. The average Bonchev–Trinajstić information content (AvgIpc) is 3.17. The number of benzene rings is 2. The lowest BCUT2D eigenvalue weighted by Gasteiger charge is -2.17. The van der Waals surface area contributed by atoms with Gasteiger partial charge in [-0.25, -0.2) is 4.39 Å². The number of amides is 1. The summed E-state index contributed by atoms with van der Waals surface area (Å²) in [5.74, 6) is 0.538. The van der Waals surface area contributed by atoms with Gasteiger partial charge < -0.3 is 14.1 Å². The molecule has 1 heterocycles. The molecule has 146 valence electrons. The van der Waals surface area contributed by atoms with Crippen LogP contribution in [0.5, 0.6) is 5.75 Å². The molecular weight excluding hydrogens is 361 g/mol. The highest BCUT2D eigenvalue weighted by atomic mass is 19.1. The van der Waals surface area contributed by atoms with Gasteiger partial charge in [0.05, 0.1) is 6.54 Å². The molecule has 0 fully saturated rings. The summed E-state index contributed by atoms with van der Waals surface area (Å²) in [6.45, 7) is 2.57. The molecule has 0 N–H and O–H groups in total. The van der Waals surface area contributed by atoms with Gasteiger partial charge in [-0.05, 0) is 31.2 Å². The smallest absolute Gasteiger partial charge is 0.247 e. The molecule has 0 aliphatic heterocycles. The summed E-state index contributed by atoms with van der Waals surface area (Å²) in [4.78, 5) is 13.8. The second-order valence-electron chi connectivity index (χ2n) is 6.46. The van der Waals surface area contributed by atoms with Crippen LogP contribution in [-0.4, -0.2) is 41.2 Å². The topological polar surface area (TPSA) is 68.5 Å². The van der Waals surface area contributed by atoms with Crippen molar-refractivity contribution in [1.82, 2.24) is 15.1 Å². The minimum atomic E-state index is -0.419. The Morgan fingerprint density at radius 3 is 2.64 bits per heavy atom. The van der Waals surface area contributed by atoms with Gasteiger partial charge in [0.25, 0.3) is 0 Å². The third-order valence-electron chi connectivity index (χ3n) is 4.26. The lowest BCUT2D eigenvalue weighted by molar-refractivity contribution is -0.130. The van der Waals surface area contributed by atoms with Crippen molar-refractivity contribution in [2.45, 2.75) is 19.8 Å². The van der Waals surface area contributed by atoms with Crippen LogP contribution in [0.2, 0.25) is 0 Å². The fourth-order valence-corrected chi connectivity index (χ4v) is 2.55. The van der Waals surface area contributed by atoms with Crippen molar-refractivity contribution in [3.8, 4) is 17.2 Å². The molecule has 0 spiro atoms. The van der Waals surface area contributed by atoms with Crippen molar-refractivity contribution in [1.29, 1.82) is 0 Å². The number of para-hydroxylation sites is 1. The largest absolute Gasteiger partial charge is 0.489 e. The van der Waals surface area contributed by atoms with Crippen LogP contribution in [-0.2, 0) is 11.2 Å². The minimum absolute atomic E-state index is 0.0766. The first kappa shape index (κ1) is 19.5. The van der Waals surface area contributed by atoms with E-state index >= 15 is 0 Å². The zero-order chi connectivity index (χ0) is 19.9. The van der Waals surface area contributed by atoms with Crippen LogP contribution < -0.4 is 4.74 Å². The monoisotopic (exact) mass is 383 g/mol. The third-order valence-corrected chi connectivity index (χ3v) is 4.26. The minimum Gasteiger partial charge on any atom is -0.489 e. The van der Waals surface area contributed by atoms with Crippen LogP contribution in [0.4, 0.5) is 4.39 Å². The van der Waals surface area contributed by atoms with Crippen molar-refractivity contribution >= 4 is 5.91 Å². The first-order valence-corrected chi connectivity index (χ1v) is 9.03. The lowest BCUT2D eigenvalue weighted by atomic mass is 10.1. The van der Waals surface area contributed by atoms with E-state index in [1.54, 1.807) is 25.2 Å². The Labute approximate surface area is 163 Å². The molecule has 0 aliphatic carbocycles. The number of aromatic nitrogens is 2. The van der Waals surface area contributed by atoms with E-state index in [0.717, 1.165) is 11.1 Å². The number of rotatable bonds is 8. The summed E-state index contributed by atoms with van der Waals surface area (Å²) in [5.41, 5.74) is 1.99. The van der Waals surface area contributed by atoms with Gasteiger partial charge in [0.15, 0.2) is 11.6 Å². The highest BCUT2D eigenvalue weighted by Crippen LogP contribution is 2.19. The fraction of sp³-hybridized carbons (Fsp3) is 0.286. The molecule has 1 amide bonds. The Kier molecular flexibility index (Phi) is 6.37. The van der Waals surface area contributed by atoms with Crippen molar-refractivity contribution in [3.05, 3.63) is 65.8 Å². The highest BCUT2D eigenvalue weighted by Gasteiger charge is 2.13. The molecule has 0 aliphatic rings. The van der Waals surface area contributed by atoms with Gasteiger partial charge in [0.2, 0.25) is 17.7 Å². The standard InChI is InChI=1S/C21H22FN3O3/c1-15-7-9-16(10-8-15)21-24-23-19(28-21)11-12-20(26)25(2)13-14-27-18-6-4-3-5-17(18)22/h3-10H,11-14H2,1-2H3. The van der Waals surface area contributed by atoms with Crippen LogP contribution >= 0.6 is 0 Å². The molecule has 0 atom stereocenters. The molecule has 7 heteroatoms. The zero-order valence-electron chi connectivity index (χ0n) is 15.9. The van der Waals surface area contributed by atoms with Gasteiger partial charge in [-0.3, -0.25) is 4.79 Å². The van der Waals surface area contributed by atoms with E-state index in [0.29, 0.717) is 24.7 Å². The van der Waals surface area contributed by atoms with Crippen LogP contribution in [0.25, 0.3) is 11.5 Å². The summed E-state index contributed by atoms with van der Waals surface area (Å²) < 4.78 is 24.5. The number of hydrogen-bond acceptors (Lipinski definition) is 5. The van der Waals surface area contributed by atoms with Gasteiger partial charge in [-0.1, -0.05) is 29.8 Å². The van der Waals surface area contributed by atoms with E-state index < -0.39 is 5.82 Å². The average molecular weight is 383 g/mol. The zero-order valence-corrected chi connectivity index (χ0v) is 15.9. The molecule has 0 radical (unpaired) electrons. The predicted molar refractivity (Wildman–Crippen MR) is 102 cm³/mol. The Hall–Kier alpha value is -3.22. The molecule has 3 rings (SSSR count). The van der Waals surface area contributed by atoms with E-state index in [1.165, 1.54) is 11.0 Å². The summed E-state index contributed by atoms with van der Waals surface area (Å²) in [5, 5.41) is 8.04. The summed E-state index contributed by atoms with van der Waals surface area (Å²) in [6.07, 6.45) is 0.599. The second kappa shape index (κ2) is 9.12. The Balaban J connectivity index is 1.44. The molecule has 0 saturated heterocycles. The van der Waals surface area contributed by atoms with Gasteiger partial charge in [0, 0.05) is 25.5 Å². The van der Waals surface area contributed by atoms with E-state index in [-0.39, 0.29) is 24.7 Å². The number of carbonyl (C=O) groups is 1. The molecule has 1 aromatic heterocycles. The van der Waals surface area contributed by atoms with Crippen molar-refractivity contribution < 1.29 is 18.3 Å². The number of hydrogen-bond donors (Lipinski definition) is 0.